The zero-order valence-corrected chi connectivity index (χ0v) is 1.72. The third-order valence-corrected chi connectivity index (χ3v) is 0. The minimum atomic E-state index is 0. The fraction of sp³-hybridized carbons (Fsp3) is 0. The van der Waals surface area contributed by atoms with E-state index in [2.05, 4.69) is 0 Å². The predicted octanol–water partition coefficient (Wildman–Crippen LogP) is -2.13. The van der Waals surface area contributed by atoms with Crippen molar-refractivity contribution in [3.63, 3.8) is 0 Å². The summed E-state index contributed by atoms with van der Waals surface area (Å²) in [6.07, 6.45) is 0. The lowest BCUT2D eigenvalue weighted by molar-refractivity contribution is -0.000000705. The quantitative estimate of drug-likeness (QED) is 0.174. The molecule has 4 heteroatoms. The highest BCUT2D eigenvalue weighted by Gasteiger charge is 0.689. The summed E-state index contributed by atoms with van der Waals surface area (Å²) in [5.41, 5.74) is 13.5. The van der Waals surface area contributed by atoms with E-state index in [0.717, 1.165) is 0 Å². The molecule has 24 valence electrons. The summed E-state index contributed by atoms with van der Waals surface area (Å²) in [7, 11) is 0. The standard InChI is InChI=1S/FH.N3/c;1-3-2/h1H;/q;-1/p-1. The third kappa shape index (κ3) is 0.124. The number of halogens is 1. The first-order chi connectivity index (χ1) is 1.41. The van der Waals surface area contributed by atoms with E-state index >= 15 is 0 Å². The van der Waals surface area contributed by atoms with Crippen LogP contribution in [0.25, 0.3) is 16.0 Å². The van der Waals surface area contributed by atoms with Crippen LogP contribution in [0.3, 0.4) is 0 Å². The lowest BCUT2D eigenvalue weighted by Crippen LogP contribution is -3.00. The first-order valence-corrected chi connectivity index (χ1v) is 0.400. The highest BCUT2D eigenvalue weighted by Crippen LogP contribution is 1.29. The summed E-state index contributed by atoms with van der Waals surface area (Å²) in [6.45, 7) is 0. The first-order valence-electron chi connectivity index (χ1n) is 0.400. The van der Waals surface area contributed by atoms with E-state index in [9.17, 15) is 0 Å². The molecule has 0 saturated carbocycles. The van der Waals surface area contributed by atoms with Crippen LogP contribution in [0.5, 0.6) is 0 Å². The largest absolute Gasteiger partial charge is 1.00 e. The highest BCUT2D eigenvalue weighted by atomic mass is 19.0. The van der Waals surface area contributed by atoms with Crippen molar-refractivity contribution in [2.24, 2.45) is 0 Å². The van der Waals surface area contributed by atoms with Crippen molar-refractivity contribution in [1.29, 1.82) is 0 Å². The van der Waals surface area contributed by atoms with Crippen LogP contribution in [-0.2, 0) is 0 Å². The van der Waals surface area contributed by atoms with Crippen molar-refractivity contribution in [3.8, 4) is 0 Å². The van der Waals surface area contributed by atoms with E-state index < -0.39 is 0 Å². The second-order valence-corrected chi connectivity index (χ2v) is 0.0894. The normalized spacial score (nSPS) is 2.00. The molecule has 0 bridgehead atoms. The van der Waals surface area contributed by atoms with Gasteiger partial charge in [-0.15, -0.1) is 0 Å². The molecule has 0 heterocycles. The molecule has 0 aromatic heterocycles. The molecule has 4 heavy (non-hydrogen) atoms. The molecule has 0 spiro atoms. The SMILES string of the molecule is [F-].[N-]=[N+]=[N-]. The molecule has 0 amide bonds. The topological polar surface area (TPSA) is 58.7 Å². The van der Waals surface area contributed by atoms with Gasteiger partial charge in [-0.2, -0.15) is 0 Å². The van der Waals surface area contributed by atoms with Crippen LogP contribution in [0.1, 0.15) is 0 Å². The van der Waals surface area contributed by atoms with Crippen LogP contribution in [0.15, 0.2) is 0 Å². The molecule has 0 aliphatic carbocycles. The van der Waals surface area contributed by atoms with Crippen LogP contribution < -0.4 is 4.70 Å². The van der Waals surface area contributed by atoms with E-state index in [1.165, 1.54) is 4.91 Å². The molecule has 0 atom stereocenters. The molecule has 0 unspecified atom stereocenters. The van der Waals surface area contributed by atoms with Gasteiger partial charge in [0.1, 0.15) is 0 Å². The Morgan fingerprint density at radius 2 is 1.25 bits per heavy atom. The second kappa shape index (κ2) is 59.8. The molecule has 0 rings (SSSR count). The van der Waals surface area contributed by atoms with Gasteiger partial charge < -0.3 is 15.8 Å². The van der Waals surface area contributed by atoms with Crippen molar-refractivity contribution in [2.45, 2.75) is 0 Å². The average Bonchev–Trinajstić information content (AvgIpc) is 0.918. The number of nitrogens with zero attached hydrogens (tertiary/aromatic N) is 3. The van der Waals surface area contributed by atoms with Gasteiger partial charge in [0.05, 0.1) is 0 Å². The van der Waals surface area contributed by atoms with E-state index in [1.807, 2.05) is 0 Å². The summed E-state index contributed by atoms with van der Waals surface area (Å²) in [4.78, 5) is 1.50. The minimum absolute atomic E-state index is 0. The summed E-state index contributed by atoms with van der Waals surface area (Å²) in [6, 6.07) is 0. The smallest absolute Gasteiger partial charge is 0.255 e. The number of hydrogen-bond donors (Lipinski definition) is 0. The van der Waals surface area contributed by atoms with E-state index in [0.29, 0.717) is 0 Å². The van der Waals surface area contributed by atoms with Crippen molar-refractivity contribution in [1.82, 2.24) is 0 Å². The third-order valence-electron chi connectivity index (χ3n) is 0. The summed E-state index contributed by atoms with van der Waals surface area (Å²) in [5, 5.41) is 0. The Hall–Kier alpha value is -0.760. The van der Waals surface area contributed by atoms with E-state index in [-0.39, 0.29) is 4.70 Å². The summed E-state index contributed by atoms with van der Waals surface area (Å²) < 4.78 is 0. The maximum absolute atomic E-state index is 6.75. The van der Waals surface area contributed by atoms with E-state index in [1.54, 1.807) is 0 Å². The zero-order valence-electron chi connectivity index (χ0n) is 1.72. The minimum Gasteiger partial charge on any atom is -1.00 e. The van der Waals surface area contributed by atoms with Crippen LogP contribution in [0, 0.1) is 0 Å². The fourth-order valence-electron chi connectivity index (χ4n) is 0. The second-order valence-electron chi connectivity index (χ2n) is 0.0894. The molecule has 0 aliphatic heterocycles. The van der Waals surface area contributed by atoms with Gasteiger partial charge in [-0.1, -0.05) is 0 Å². The highest BCUT2D eigenvalue weighted by molar-refractivity contribution is 4.36. The number of hydrogen-bond acceptors (Lipinski definition) is 0. The van der Waals surface area contributed by atoms with Gasteiger partial charge in [0.15, 0.2) is 0 Å². The monoisotopic (exact) mass is 61.0 g/mol. The Morgan fingerprint density at radius 3 is 1.25 bits per heavy atom. The maximum atomic E-state index is 6.75. The Balaban J connectivity index is 0. The van der Waals surface area contributed by atoms with Crippen molar-refractivity contribution in [3.05, 3.63) is 16.0 Å². The molecule has 3 nitrogen and oxygen atoms in total. The van der Waals surface area contributed by atoms with Gasteiger partial charge in [0, 0.05) is 0 Å². The van der Waals surface area contributed by atoms with Gasteiger partial charge in [0.2, 0.25) is 0 Å². The van der Waals surface area contributed by atoms with E-state index in [4.69, 9.17) is 11.1 Å². The summed E-state index contributed by atoms with van der Waals surface area (Å²) in [5.74, 6) is 0. The molecular weight excluding hydrogens is 61.0 g/mol. The zero-order chi connectivity index (χ0) is 2.71. The molecule has 0 saturated heterocycles. The first kappa shape index (κ1) is 10.6. The van der Waals surface area contributed by atoms with Crippen LogP contribution in [-0.4, -0.2) is 0 Å². The molecule has 0 aliphatic rings. The van der Waals surface area contributed by atoms with Gasteiger partial charge in [-0.3, -0.25) is 4.91 Å². The van der Waals surface area contributed by atoms with Crippen LogP contribution >= 0.6 is 0 Å². The molecule has 0 aromatic rings. The molecular formula is FN3-2. The lowest BCUT2D eigenvalue weighted by Gasteiger charge is -1.31. The average molecular weight is 61.0 g/mol. The Bertz CT molecular complexity index is 24.3. The molecule has 0 fully saturated rings. The lowest BCUT2D eigenvalue weighted by atomic mass is 13.0. The number of rotatable bonds is 0. The van der Waals surface area contributed by atoms with Gasteiger partial charge in [-0.05, 0) is 0 Å². The van der Waals surface area contributed by atoms with Crippen molar-refractivity contribution >= 4 is 0 Å². The predicted molar refractivity (Wildman–Crippen MR) is 10.1 cm³/mol. The van der Waals surface area contributed by atoms with Gasteiger partial charge in [-0.25, -0.2) is 0 Å². The fourth-order valence-corrected chi connectivity index (χ4v) is 0. The Morgan fingerprint density at radius 1 is 1.25 bits per heavy atom. The molecule has 0 N–H and O–H groups in total. The molecule has 0 aromatic carbocycles. The van der Waals surface area contributed by atoms with Gasteiger partial charge >= 0.3 is 0 Å². The van der Waals surface area contributed by atoms with Crippen LogP contribution in [0.4, 0.5) is 0 Å². The maximum Gasteiger partial charge on any atom is -0.255 e. The van der Waals surface area contributed by atoms with Crippen molar-refractivity contribution in [2.75, 3.05) is 0 Å². The molecule has 0 radical (unpaired) electrons. The van der Waals surface area contributed by atoms with Crippen molar-refractivity contribution < 1.29 is 4.70 Å². The Kier molecular flexibility index (Phi) is 158. The van der Waals surface area contributed by atoms with Crippen LogP contribution in [0.2, 0.25) is 0 Å². The Labute approximate surface area is 22.0 Å². The van der Waals surface area contributed by atoms with Gasteiger partial charge in [0.25, 0.3) is 0 Å². The summed E-state index contributed by atoms with van der Waals surface area (Å²) >= 11 is 0.